The van der Waals surface area contributed by atoms with E-state index < -0.39 is 30.5 Å². The van der Waals surface area contributed by atoms with Crippen LogP contribution in [0.25, 0.3) is 0 Å². The Morgan fingerprint density at radius 3 is 2.43 bits per heavy atom. The first-order valence-electron chi connectivity index (χ1n) is 7.76. The van der Waals surface area contributed by atoms with Crippen LogP contribution in [0.5, 0.6) is 0 Å². The molecule has 2 rings (SSSR count). The van der Waals surface area contributed by atoms with Crippen molar-refractivity contribution in [2.24, 2.45) is 0 Å². The SMILES string of the molecule is CCC(CC)c1cc(C(=O)N2CCC(O)(C(F)(F)F)CC2)on1. The summed E-state index contributed by atoms with van der Waals surface area (Å²) < 4.78 is 43.4. The van der Waals surface area contributed by atoms with Gasteiger partial charge in [0.1, 0.15) is 0 Å². The molecule has 0 saturated carbocycles. The molecule has 0 bridgehead atoms. The summed E-state index contributed by atoms with van der Waals surface area (Å²) in [6, 6.07) is 1.56. The Kier molecular flexibility index (Phi) is 5.03. The zero-order valence-electron chi connectivity index (χ0n) is 13.2. The molecule has 5 nitrogen and oxygen atoms in total. The summed E-state index contributed by atoms with van der Waals surface area (Å²) >= 11 is 0. The molecule has 2 heterocycles. The lowest BCUT2D eigenvalue weighted by Gasteiger charge is -2.38. The summed E-state index contributed by atoms with van der Waals surface area (Å²) in [4.78, 5) is 13.6. The molecule has 0 spiro atoms. The normalized spacial score (nSPS) is 18.5. The summed E-state index contributed by atoms with van der Waals surface area (Å²) in [5, 5.41) is 13.5. The number of carbonyl (C=O) groups is 1. The minimum absolute atomic E-state index is 0.0318. The van der Waals surface area contributed by atoms with Crippen LogP contribution >= 0.6 is 0 Å². The average Bonchev–Trinajstić information content (AvgIpc) is 2.97. The van der Waals surface area contributed by atoms with Gasteiger partial charge < -0.3 is 14.5 Å². The second kappa shape index (κ2) is 6.51. The molecule has 0 atom stereocenters. The third-order valence-electron chi connectivity index (χ3n) is 4.55. The van der Waals surface area contributed by atoms with E-state index in [0.29, 0.717) is 5.69 Å². The van der Waals surface area contributed by atoms with E-state index in [2.05, 4.69) is 5.16 Å². The Morgan fingerprint density at radius 1 is 1.39 bits per heavy atom. The van der Waals surface area contributed by atoms with E-state index in [4.69, 9.17) is 4.52 Å². The van der Waals surface area contributed by atoms with E-state index in [1.807, 2.05) is 13.8 Å². The highest BCUT2D eigenvalue weighted by Crippen LogP contribution is 2.38. The number of piperidine rings is 1. The van der Waals surface area contributed by atoms with Crippen LogP contribution in [0.15, 0.2) is 10.6 Å². The number of likely N-dealkylation sites (tertiary alicyclic amines) is 1. The van der Waals surface area contributed by atoms with Crippen molar-refractivity contribution in [2.45, 2.75) is 57.2 Å². The van der Waals surface area contributed by atoms with E-state index in [0.717, 1.165) is 12.8 Å². The summed E-state index contributed by atoms with van der Waals surface area (Å²) in [5.74, 6) is -0.264. The van der Waals surface area contributed by atoms with E-state index in [1.165, 1.54) is 4.90 Å². The topological polar surface area (TPSA) is 66.6 Å². The molecule has 1 aliphatic rings. The highest BCUT2D eigenvalue weighted by molar-refractivity contribution is 5.91. The minimum Gasteiger partial charge on any atom is -0.380 e. The Morgan fingerprint density at radius 2 is 1.96 bits per heavy atom. The van der Waals surface area contributed by atoms with Crippen molar-refractivity contribution < 1.29 is 27.6 Å². The monoisotopic (exact) mass is 334 g/mol. The van der Waals surface area contributed by atoms with Crippen molar-refractivity contribution in [1.82, 2.24) is 10.1 Å². The second-order valence-corrected chi connectivity index (χ2v) is 5.95. The average molecular weight is 334 g/mol. The quantitative estimate of drug-likeness (QED) is 0.919. The highest BCUT2D eigenvalue weighted by Gasteiger charge is 2.55. The second-order valence-electron chi connectivity index (χ2n) is 5.95. The van der Waals surface area contributed by atoms with E-state index in [1.54, 1.807) is 6.07 Å². The molecule has 0 aromatic carbocycles. The van der Waals surface area contributed by atoms with Gasteiger partial charge in [0.05, 0.1) is 5.69 Å². The Hall–Kier alpha value is -1.57. The summed E-state index contributed by atoms with van der Waals surface area (Å²) in [7, 11) is 0. The molecule has 1 N–H and O–H groups in total. The molecule has 130 valence electrons. The van der Waals surface area contributed by atoms with Crippen molar-refractivity contribution in [3.05, 3.63) is 17.5 Å². The zero-order valence-corrected chi connectivity index (χ0v) is 13.2. The molecule has 0 radical (unpaired) electrons. The maximum Gasteiger partial charge on any atom is 0.417 e. The van der Waals surface area contributed by atoms with Crippen molar-refractivity contribution in [3.8, 4) is 0 Å². The number of aliphatic hydroxyl groups is 1. The van der Waals surface area contributed by atoms with Crippen LogP contribution in [0, 0.1) is 0 Å². The molecule has 0 aliphatic carbocycles. The molecule has 0 unspecified atom stereocenters. The van der Waals surface area contributed by atoms with Gasteiger partial charge in [-0.05, 0) is 12.8 Å². The summed E-state index contributed by atoms with van der Waals surface area (Å²) in [6.45, 7) is 3.67. The lowest BCUT2D eigenvalue weighted by atomic mass is 9.90. The van der Waals surface area contributed by atoms with Crippen molar-refractivity contribution in [1.29, 1.82) is 0 Å². The lowest BCUT2D eigenvalue weighted by molar-refractivity contribution is -0.271. The largest absolute Gasteiger partial charge is 0.417 e. The third-order valence-corrected chi connectivity index (χ3v) is 4.55. The molecule has 1 aliphatic heterocycles. The molecule has 1 fully saturated rings. The van der Waals surface area contributed by atoms with Crippen molar-refractivity contribution in [2.75, 3.05) is 13.1 Å². The molecule has 8 heteroatoms. The first-order chi connectivity index (χ1) is 10.7. The fourth-order valence-electron chi connectivity index (χ4n) is 2.81. The highest BCUT2D eigenvalue weighted by atomic mass is 19.4. The van der Waals surface area contributed by atoms with Crippen molar-refractivity contribution in [3.63, 3.8) is 0 Å². The van der Waals surface area contributed by atoms with Gasteiger partial charge >= 0.3 is 6.18 Å². The smallest absolute Gasteiger partial charge is 0.380 e. The number of halogens is 3. The first-order valence-corrected chi connectivity index (χ1v) is 7.76. The van der Waals surface area contributed by atoms with E-state index >= 15 is 0 Å². The molecule has 1 amide bonds. The van der Waals surface area contributed by atoms with Gasteiger partial charge in [-0.1, -0.05) is 19.0 Å². The van der Waals surface area contributed by atoms with Gasteiger partial charge in [0.25, 0.3) is 5.91 Å². The Labute approximate surface area is 132 Å². The number of rotatable bonds is 4. The molecule has 1 aromatic rings. The van der Waals surface area contributed by atoms with Gasteiger partial charge in [-0.25, -0.2) is 0 Å². The molecule has 1 saturated heterocycles. The van der Waals surface area contributed by atoms with Gasteiger partial charge in [0.2, 0.25) is 5.76 Å². The van der Waals surface area contributed by atoms with Gasteiger partial charge in [0, 0.05) is 37.9 Å². The fraction of sp³-hybridized carbons (Fsp3) is 0.733. The standard InChI is InChI=1S/C15H21F3N2O3/c1-3-10(4-2)11-9-12(23-19-11)13(21)20-7-5-14(22,6-8-20)15(16,17)18/h9-10,22H,3-8H2,1-2H3. The minimum atomic E-state index is -4.68. The Balaban J connectivity index is 2.03. The Bertz CT molecular complexity index is 544. The lowest BCUT2D eigenvalue weighted by Crippen LogP contribution is -2.54. The van der Waals surface area contributed by atoms with Gasteiger partial charge in [-0.15, -0.1) is 0 Å². The fourth-order valence-corrected chi connectivity index (χ4v) is 2.81. The van der Waals surface area contributed by atoms with Gasteiger partial charge in [0.15, 0.2) is 5.60 Å². The van der Waals surface area contributed by atoms with Crippen LogP contribution in [0.3, 0.4) is 0 Å². The molecular weight excluding hydrogens is 313 g/mol. The number of nitrogens with zero attached hydrogens (tertiary/aromatic N) is 2. The molecule has 1 aromatic heterocycles. The zero-order chi connectivity index (χ0) is 17.3. The molecular formula is C15H21F3N2O3. The predicted octanol–water partition coefficient (Wildman–Crippen LogP) is 3.11. The van der Waals surface area contributed by atoms with E-state index in [9.17, 15) is 23.1 Å². The number of hydrogen-bond acceptors (Lipinski definition) is 4. The number of alkyl halides is 3. The number of amides is 1. The molecule has 23 heavy (non-hydrogen) atoms. The number of hydrogen-bond donors (Lipinski definition) is 1. The number of carbonyl (C=O) groups excluding carboxylic acids is 1. The predicted molar refractivity (Wildman–Crippen MR) is 76.0 cm³/mol. The van der Waals surface area contributed by atoms with Crippen LogP contribution in [-0.2, 0) is 0 Å². The van der Waals surface area contributed by atoms with Gasteiger partial charge in [-0.3, -0.25) is 4.79 Å². The van der Waals surface area contributed by atoms with Crippen LogP contribution in [-0.4, -0.2) is 45.9 Å². The van der Waals surface area contributed by atoms with E-state index in [-0.39, 0.29) is 24.8 Å². The maximum absolute atomic E-state index is 12.8. The van der Waals surface area contributed by atoms with Crippen LogP contribution in [0.1, 0.15) is 61.7 Å². The first kappa shape index (κ1) is 17.8. The summed E-state index contributed by atoms with van der Waals surface area (Å²) in [5.41, 5.74) is -2.03. The number of aromatic nitrogens is 1. The van der Waals surface area contributed by atoms with Crippen LogP contribution in [0.4, 0.5) is 13.2 Å². The van der Waals surface area contributed by atoms with Crippen molar-refractivity contribution >= 4 is 5.91 Å². The summed E-state index contributed by atoms with van der Waals surface area (Å²) in [6.07, 6.45) is -4.03. The van der Waals surface area contributed by atoms with Crippen LogP contribution in [0.2, 0.25) is 0 Å². The van der Waals surface area contributed by atoms with Crippen LogP contribution < -0.4 is 0 Å². The van der Waals surface area contributed by atoms with Gasteiger partial charge in [-0.2, -0.15) is 13.2 Å². The third kappa shape index (κ3) is 3.52. The maximum atomic E-state index is 12.8.